The van der Waals surface area contributed by atoms with Crippen LogP contribution in [0.25, 0.3) is 5.57 Å². The lowest BCUT2D eigenvalue weighted by molar-refractivity contribution is 0.625. The van der Waals surface area contributed by atoms with E-state index in [1.165, 1.54) is 66.4 Å². The first-order valence-electron chi connectivity index (χ1n) is 8.47. The fourth-order valence-electron chi connectivity index (χ4n) is 3.15. The second kappa shape index (κ2) is 8.84. The maximum absolute atomic E-state index is 8.97. The van der Waals surface area contributed by atoms with Crippen molar-refractivity contribution in [1.29, 1.82) is 5.26 Å². The standard InChI is InChI=1S/C20H26N2S/c1-4-5-6-7-8-12-19-17(3)16(2)18-11-9-10-13-20(18)22(19)15-23-14-21/h9-11,13H,2,4-8,12,15H2,1,3H3. The lowest BCUT2D eigenvalue weighted by Gasteiger charge is -2.35. The molecule has 2 rings (SSSR count). The number of thiocyanates is 1. The van der Waals surface area contributed by atoms with Gasteiger partial charge in [-0.3, -0.25) is 0 Å². The summed E-state index contributed by atoms with van der Waals surface area (Å²) in [6.45, 7) is 8.72. The van der Waals surface area contributed by atoms with E-state index in [1.807, 2.05) is 0 Å². The largest absolute Gasteiger partial charge is 0.334 e. The topological polar surface area (TPSA) is 27.0 Å². The van der Waals surface area contributed by atoms with Crippen molar-refractivity contribution in [3.8, 4) is 5.40 Å². The molecule has 1 aromatic rings. The zero-order chi connectivity index (χ0) is 16.7. The number of nitriles is 1. The highest BCUT2D eigenvalue weighted by Crippen LogP contribution is 2.41. The number of para-hydroxylation sites is 1. The monoisotopic (exact) mass is 326 g/mol. The van der Waals surface area contributed by atoms with Crippen LogP contribution in [0.3, 0.4) is 0 Å². The smallest absolute Gasteiger partial charge is 0.135 e. The maximum Gasteiger partial charge on any atom is 0.135 e. The van der Waals surface area contributed by atoms with Crippen molar-refractivity contribution in [2.45, 2.75) is 52.4 Å². The number of thioether (sulfide) groups is 1. The highest BCUT2D eigenvalue weighted by Gasteiger charge is 2.24. The van der Waals surface area contributed by atoms with Gasteiger partial charge in [0, 0.05) is 16.9 Å². The number of nitrogens with zero attached hydrogens (tertiary/aromatic N) is 2. The van der Waals surface area contributed by atoms with Gasteiger partial charge in [0.25, 0.3) is 0 Å². The number of hydrogen-bond donors (Lipinski definition) is 0. The molecule has 0 saturated heterocycles. The van der Waals surface area contributed by atoms with Crippen molar-refractivity contribution in [2.24, 2.45) is 0 Å². The van der Waals surface area contributed by atoms with Crippen molar-refractivity contribution in [2.75, 3.05) is 10.8 Å². The summed E-state index contributed by atoms with van der Waals surface area (Å²) in [5.41, 5.74) is 6.13. The van der Waals surface area contributed by atoms with Gasteiger partial charge in [-0.05, 0) is 48.7 Å². The number of allylic oxidation sites excluding steroid dienone is 3. The van der Waals surface area contributed by atoms with Gasteiger partial charge in [-0.25, -0.2) is 0 Å². The predicted molar refractivity (Wildman–Crippen MR) is 102 cm³/mol. The third kappa shape index (κ3) is 4.20. The second-order valence-corrected chi connectivity index (χ2v) is 6.75. The van der Waals surface area contributed by atoms with Crippen molar-refractivity contribution in [3.63, 3.8) is 0 Å². The van der Waals surface area contributed by atoms with Crippen LogP contribution in [0.1, 0.15) is 57.9 Å². The third-order valence-electron chi connectivity index (χ3n) is 4.51. The maximum atomic E-state index is 8.97. The number of benzene rings is 1. The van der Waals surface area contributed by atoms with E-state index in [2.05, 4.69) is 55.0 Å². The van der Waals surface area contributed by atoms with Gasteiger partial charge in [0.2, 0.25) is 0 Å². The molecule has 0 unspecified atom stereocenters. The molecular weight excluding hydrogens is 300 g/mol. The fraction of sp³-hybridized carbons (Fsp3) is 0.450. The first-order valence-corrected chi connectivity index (χ1v) is 9.46. The second-order valence-electron chi connectivity index (χ2n) is 6.02. The molecule has 0 radical (unpaired) electrons. The Morgan fingerprint density at radius 2 is 1.91 bits per heavy atom. The highest BCUT2D eigenvalue weighted by molar-refractivity contribution is 8.03. The van der Waals surface area contributed by atoms with Crippen LogP contribution < -0.4 is 4.90 Å². The van der Waals surface area contributed by atoms with Gasteiger partial charge >= 0.3 is 0 Å². The Morgan fingerprint density at radius 3 is 2.65 bits per heavy atom. The quantitative estimate of drug-likeness (QED) is 0.413. The molecule has 0 bridgehead atoms. The Balaban J connectivity index is 2.20. The van der Waals surface area contributed by atoms with Gasteiger partial charge in [0.05, 0.1) is 5.88 Å². The normalized spacial score (nSPS) is 14.0. The molecule has 1 aliphatic heterocycles. The van der Waals surface area contributed by atoms with Crippen LogP contribution in [0.2, 0.25) is 0 Å². The predicted octanol–water partition coefficient (Wildman–Crippen LogP) is 6.33. The SMILES string of the molecule is C=C1C(C)=C(CCCCCCC)N(CSC#N)c2ccccc21. The summed E-state index contributed by atoms with van der Waals surface area (Å²) in [5, 5.41) is 11.2. The van der Waals surface area contributed by atoms with Crippen molar-refractivity contribution in [1.82, 2.24) is 0 Å². The van der Waals surface area contributed by atoms with Gasteiger partial charge in [-0.15, -0.1) is 0 Å². The van der Waals surface area contributed by atoms with E-state index in [9.17, 15) is 0 Å². The molecule has 0 saturated carbocycles. The van der Waals surface area contributed by atoms with E-state index in [0.717, 1.165) is 12.0 Å². The molecule has 3 heteroatoms. The van der Waals surface area contributed by atoms with Gasteiger partial charge in [-0.2, -0.15) is 5.26 Å². The van der Waals surface area contributed by atoms with E-state index < -0.39 is 0 Å². The van der Waals surface area contributed by atoms with Gasteiger partial charge in [-0.1, -0.05) is 57.4 Å². The molecule has 1 aliphatic rings. The first kappa shape index (κ1) is 17.7. The van der Waals surface area contributed by atoms with Crippen LogP contribution in [0.4, 0.5) is 5.69 Å². The van der Waals surface area contributed by atoms with Gasteiger partial charge in [0.1, 0.15) is 5.40 Å². The molecule has 0 amide bonds. The van der Waals surface area contributed by atoms with E-state index in [1.54, 1.807) is 0 Å². The molecule has 0 atom stereocenters. The van der Waals surface area contributed by atoms with E-state index in [-0.39, 0.29) is 0 Å². The zero-order valence-corrected chi connectivity index (χ0v) is 15.1. The highest BCUT2D eigenvalue weighted by atomic mass is 32.2. The average molecular weight is 327 g/mol. The lowest BCUT2D eigenvalue weighted by Crippen LogP contribution is -2.27. The average Bonchev–Trinajstić information content (AvgIpc) is 2.58. The summed E-state index contributed by atoms with van der Waals surface area (Å²) in [5.74, 6) is 0.683. The Bertz CT molecular complexity index is 625. The molecule has 0 aliphatic carbocycles. The van der Waals surface area contributed by atoms with Crippen molar-refractivity contribution in [3.05, 3.63) is 47.7 Å². The van der Waals surface area contributed by atoms with Crippen LogP contribution in [-0.2, 0) is 0 Å². The number of unbranched alkanes of at least 4 members (excludes halogenated alkanes) is 4. The van der Waals surface area contributed by atoms with E-state index in [0.29, 0.717) is 5.88 Å². The molecule has 0 fully saturated rings. The van der Waals surface area contributed by atoms with E-state index in [4.69, 9.17) is 5.26 Å². The summed E-state index contributed by atoms with van der Waals surface area (Å²) >= 11 is 1.30. The van der Waals surface area contributed by atoms with Crippen LogP contribution in [0.15, 0.2) is 42.1 Å². The summed E-state index contributed by atoms with van der Waals surface area (Å²) in [6.07, 6.45) is 7.45. The van der Waals surface area contributed by atoms with Crippen LogP contribution in [0.5, 0.6) is 0 Å². The van der Waals surface area contributed by atoms with Crippen molar-refractivity contribution < 1.29 is 0 Å². The third-order valence-corrected chi connectivity index (χ3v) is 5.02. The molecule has 1 aromatic carbocycles. The number of fused-ring (bicyclic) bond motifs is 1. The molecule has 2 nitrogen and oxygen atoms in total. The summed E-state index contributed by atoms with van der Waals surface area (Å²) < 4.78 is 0. The lowest BCUT2D eigenvalue weighted by atomic mass is 9.91. The minimum absolute atomic E-state index is 0.683. The number of hydrogen-bond acceptors (Lipinski definition) is 3. The minimum atomic E-state index is 0.683. The van der Waals surface area contributed by atoms with Crippen molar-refractivity contribution >= 4 is 23.0 Å². The number of rotatable bonds is 8. The molecule has 0 aromatic heterocycles. The van der Waals surface area contributed by atoms with E-state index >= 15 is 0 Å². The summed E-state index contributed by atoms with van der Waals surface area (Å²) in [6, 6.07) is 8.39. The van der Waals surface area contributed by atoms with Crippen LogP contribution >= 0.6 is 11.8 Å². The van der Waals surface area contributed by atoms with Gasteiger partial charge in [0.15, 0.2) is 0 Å². The summed E-state index contributed by atoms with van der Waals surface area (Å²) in [7, 11) is 0. The molecule has 23 heavy (non-hydrogen) atoms. The molecular formula is C20H26N2S. The fourth-order valence-corrected chi connectivity index (χ4v) is 3.63. The molecule has 1 heterocycles. The number of anilines is 1. The zero-order valence-electron chi connectivity index (χ0n) is 14.3. The Kier molecular flexibility index (Phi) is 6.80. The van der Waals surface area contributed by atoms with Crippen LogP contribution in [0, 0.1) is 10.7 Å². The Hall–Kier alpha value is -1.66. The first-order chi connectivity index (χ1) is 11.2. The summed E-state index contributed by atoms with van der Waals surface area (Å²) in [4.78, 5) is 2.31. The molecule has 0 spiro atoms. The molecule has 0 N–H and O–H groups in total. The Morgan fingerprint density at radius 1 is 1.17 bits per heavy atom. The molecule has 122 valence electrons. The minimum Gasteiger partial charge on any atom is -0.334 e. The Labute approximate surface area is 144 Å². The van der Waals surface area contributed by atoms with Crippen LogP contribution in [-0.4, -0.2) is 5.88 Å². The van der Waals surface area contributed by atoms with Gasteiger partial charge < -0.3 is 4.90 Å².